The van der Waals surface area contributed by atoms with Gasteiger partial charge in [0.25, 0.3) is 0 Å². The van der Waals surface area contributed by atoms with Gasteiger partial charge >= 0.3 is 0 Å². The average Bonchev–Trinajstić information content (AvgIpc) is 2.91. The number of piperidine rings is 1. The highest BCUT2D eigenvalue weighted by Gasteiger charge is 2.23. The van der Waals surface area contributed by atoms with Gasteiger partial charge in [-0.2, -0.15) is 0 Å². The molecule has 2 aromatic heterocycles. The zero-order valence-corrected chi connectivity index (χ0v) is 12.4. The Morgan fingerprint density at radius 1 is 1.30 bits per heavy atom. The van der Waals surface area contributed by atoms with Gasteiger partial charge in [-0.3, -0.25) is 0 Å². The first kappa shape index (κ1) is 13.6. The highest BCUT2D eigenvalue weighted by molar-refractivity contribution is 5.42. The minimum Gasteiger partial charge on any atom is -0.325 e. The molecule has 0 radical (unpaired) electrons. The van der Waals surface area contributed by atoms with Gasteiger partial charge in [0.05, 0.1) is 5.69 Å². The predicted molar refractivity (Wildman–Crippen MR) is 81.8 cm³/mol. The summed E-state index contributed by atoms with van der Waals surface area (Å²) < 4.78 is 2.14. The van der Waals surface area contributed by atoms with E-state index >= 15 is 0 Å². The molecule has 108 valence electrons. The third-order valence-electron chi connectivity index (χ3n) is 4.48. The van der Waals surface area contributed by atoms with Gasteiger partial charge in [0, 0.05) is 30.4 Å². The number of fused-ring (bicyclic) bond motifs is 1. The first-order valence-electron chi connectivity index (χ1n) is 7.60. The molecule has 1 fully saturated rings. The first-order chi connectivity index (χ1) is 9.69. The van der Waals surface area contributed by atoms with Crippen molar-refractivity contribution in [3.63, 3.8) is 0 Å². The van der Waals surface area contributed by atoms with Crippen molar-refractivity contribution in [1.82, 2.24) is 14.3 Å². The summed E-state index contributed by atoms with van der Waals surface area (Å²) in [6, 6.07) is 6.82. The van der Waals surface area contributed by atoms with Crippen molar-refractivity contribution < 1.29 is 0 Å². The number of rotatable bonds is 3. The van der Waals surface area contributed by atoms with Gasteiger partial charge in [0.15, 0.2) is 0 Å². The number of aromatic nitrogens is 2. The van der Waals surface area contributed by atoms with Crippen molar-refractivity contribution in [2.75, 3.05) is 13.1 Å². The molecular weight excluding hydrogens is 248 g/mol. The van der Waals surface area contributed by atoms with E-state index in [1.807, 2.05) is 6.07 Å². The van der Waals surface area contributed by atoms with Crippen LogP contribution in [-0.2, 0) is 6.54 Å². The minimum atomic E-state index is 0.554. The highest BCUT2D eigenvalue weighted by atomic mass is 15.1. The maximum Gasteiger partial charge on any atom is 0.137 e. The number of hydrogen-bond acceptors (Lipinski definition) is 3. The van der Waals surface area contributed by atoms with Crippen molar-refractivity contribution in [2.24, 2.45) is 5.73 Å². The van der Waals surface area contributed by atoms with Crippen LogP contribution < -0.4 is 5.73 Å². The van der Waals surface area contributed by atoms with Crippen LogP contribution >= 0.6 is 0 Å². The van der Waals surface area contributed by atoms with Crippen molar-refractivity contribution in [3.8, 4) is 0 Å². The summed E-state index contributed by atoms with van der Waals surface area (Å²) in [6.45, 7) is 7.47. The molecule has 1 saturated heterocycles. The highest BCUT2D eigenvalue weighted by Crippen LogP contribution is 2.28. The molecular formula is C16H24N4. The summed E-state index contributed by atoms with van der Waals surface area (Å²) >= 11 is 0. The fourth-order valence-corrected chi connectivity index (χ4v) is 3.16. The van der Waals surface area contributed by atoms with E-state index in [1.54, 1.807) is 0 Å². The van der Waals surface area contributed by atoms with Crippen LogP contribution in [0.3, 0.4) is 0 Å². The van der Waals surface area contributed by atoms with E-state index in [4.69, 9.17) is 10.7 Å². The molecule has 0 bridgehead atoms. The molecule has 0 amide bonds. The molecule has 0 atom stereocenters. The number of nitrogens with two attached hydrogens (primary N) is 1. The van der Waals surface area contributed by atoms with E-state index in [0.717, 1.165) is 11.3 Å². The van der Waals surface area contributed by atoms with E-state index in [2.05, 4.69) is 41.5 Å². The lowest BCUT2D eigenvalue weighted by Crippen LogP contribution is -2.37. The smallest absolute Gasteiger partial charge is 0.137 e. The molecule has 2 N–H and O–H groups in total. The molecule has 0 saturated carbocycles. The Kier molecular flexibility index (Phi) is 3.76. The van der Waals surface area contributed by atoms with Crippen LogP contribution in [0, 0.1) is 0 Å². The fourth-order valence-electron chi connectivity index (χ4n) is 3.16. The van der Waals surface area contributed by atoms with Gasteiger partial charge in [0.2, 0.25) is 0 Å². The lowest BCUT2D eigenvalue weighted by Gasteiger charge is -2.33. The summed E-state index contributed by atoms with van der Waals surface area (Å²) in [5.41, 5.74) is 9.18. The normalized spacial score (nSPS) is 18.2. The second kappa shape index (κ2) is 5.54. The quantitative estimate of drug-likeness (QED) is 0.933. The number of likely N-dealkylation sites (tertiary alicyclic amines) is 1. The summed E-state index contributed by atoms with van der Waals surface area (Å²) in [5, 5.41) is 0. The molecule has 0 unspecified atom stereocenters. The Morgan fingerprint density at radius 3 is 2.70 bits per heavy atom. The topological polar surface area (TPSA) is 46.6 Å². The van der Waals surface area contributed by atoms with Gasteiger partial charge in [-0.25, -0.2) is 4.98 Å². The predicted octanol–water partition coefficient (Wildman–Crippen LogP) is 2.38. The average molecular weight is 272 g/mol. The molecule has 1 aliphatic rings. The van der Waals surface area contributed by atoms with Crippen LogP contribution in [0.25, 0.3) is 5.65 Å². The molecule has 4 nitrogen and oxygen atoms in total. The van der Waals surface area contributed by atoms with E-state index in [0.29, 0.717) is 18.5 Å². The van der Waals surface area contributed by atoms with E-state index in [9.17, 15) is 0 Å². The molecule has 20 heavy (non-hydrogen) atoms. The fraction of sp³-hybridized carbons (Fsp3) is 0.562. The minimum absolute atomic E-state index is 0.554. The van der Waals surface area contributed by atoms with Gasteiger partial charge in [-0.1, -0.05) is 6.07 Å². The molecule has 2 aromatic rings. The molecule has 3 rings (SSSR count). The number of imidazole rings is 1. The van der Waals surface area contributed by atoms with Crippen LogP contribution in [0.2, 0.25) is 0 Å². The van der Waals surface area contributed by atoms with Crippen LogP contribution in [0.1, 0.15) is 44.0 Å². The molecule has 0 aromatic carbocycles. The van der Waals surface area contributed by atoms with Crippen molar-refractivity contribution >= 4 is 5.65 Å². The summed E-state index contributed by atoms with van der Waals surface area (Å²) in [5.74, 6) is 0.593. The Balaban J connectivity index is 1.81. The third-order valence-corrected chi connectivity index (χ3v) is 4.48. The van der Waals surface area contributed by atoms with Gasteiger partial charge in [-0.15, -0.1) is 0 Å². The Morgan fingerprint density at radius 2 is 2.05 bits per heavy atom. The SMILES string of the molecule is CC(C)N1CCC(c2cn3c(CN)cccc3n2)CC1. The lowest BCUT2D eigenvalue weighted by molar-refractivity contribution is 0.171. The Hall–Kier alpha value is -1.39. The standard InChI is InChI=1S/C16H24N4/c1-12(2)19-8-6-13(7-9-19)15-11-20-14(10-17)4-3-5-16(20)18-15/h3-5,11-13H,6-10,17H2,1-2H3. The van der Waals surface area contributed by atoms with Gasteiger partial charge in [-0.05, 0) is 51.9 Å². The monoisotopic (exact) mass is 272 g/mol. The molecule has 0 aliphatic carbocycles. The van der Waals surface area contributed by atoms with Gasteiger partial charge < -0.3 is 15.0 Å². The zero-order chi connectivity index (χ0) is 14.1. The van der Waals surface area contributed by atoms with Crippen LogP contribution in [0.5, 0.6) is 0 Å². The molecule has 3 heterocycles. The van der Waals surface area contributed by atoms with Crippen LogP contribution in [0.4, 0.5) is 0 Å². The second-order valence-electron chi connectivity index (χ2n) is 6.02. The number of hydrogen-bond donors (Lipinski definition) is 1. The Bertz CT molecular complexity index is 579. The molecule has 1 aliphatic heterocycles. The van der Waals surface area contributed by atoms with Crippen LogP contribution in [0.15, 0.2) is 24.4 Å². The zero-order valence-electron chi connectivity index (χ0n) is 12.4. The largest absolute Gasteiger partial charge is 0.325 e. The number of pyridine rings is 1. The van der Waals surface area contributed by atoms with Crippen LogP contribution in [-0.4, -0.2) is 33.4 Å². The lowest BCUT2D eigenvalue weighted by atomic mass is 9.93. The van der Waals surface area contributed by atoms with Crippen molar-refractivity contribution in [1.29, 1.82) is 0 Å². The Labute approximate surface area is 120 Å². The maximum absolute atomic E-state index is 5.80. The van der Waals surface area contributed by atoms with E-state index < -0.39 is 0 Å². The maximum atomic E-state index is 5.80. The van der Waals surface area contributed by atoms with Crippen molar-refractivity contribution in [3.05, 3.63) is 35.8 Å². The van der Waals surface area contributed by atoms with E-state index in [1.165, 1.54) is 31.6 Å². The molecule has 0 spiro atoms. The first-order valence-corrected chi connectivity index (χ1v) is 7.60. The summed E-state index contributed by atoms with van der Waals surface area (Å²) in [4.78, 5) is 7.36. The van der Waals surface area contributed by atoms with Crippen molar-refractivity contribution in [2.45, 2.75) is 45.2 Å². The third kappa shape index (κ3) is 2.45. The molecule has 4 heteroatoms. The summed E-state index contributed by atoms with van der Waals surface area (Å²) in [7, 11) is 0. The van der Waals surface area contributed by atoms with E-state index in [-0.39, 0.29) is 0 Å². The summed E-state index contributed by atoms with van der Waals surface area (Å²) in [6.07, 6.45) is 4.60. The second-order valence-corrected chi connectivity index (χ2v) is 6.02. The number of nitrogens with zero attached hydrogens (tertiary/aromatic N) is 3. The van der Waals surface area contributed by atoms with Gasteiger partial charge in [0.1, 0.15) is 5.65 Å².